The summed E-state index contributed by atoms with van der Waals surface area (Å²) >= 11 is 0. The van der Waals surface area contributed by atoms with Crippen LogP contribution in [0.15, 0.2) is 12.1 Å². The summed E-state index contributed by atoms with van der Waals surface area (Å²) in [7, 11) is 0. The van der Waals surface area contributed by atoms with Crippen LogP contribution in [-0.2, 0) is 0 Å². The number of hydrogen-bond acceptors (Lipinski definition) is 5. The Kier molecular flexibility index (Phi) is 5.36. The van der Waals surface area contributed by atoms with Gasteiger partial charge in [-0.1, -0.05) is 19.8 Å². The molecule has 21 heavy (non-hydrogen) atoms. The smallest absolute Gasteiger partial charge is 0.311 e. The number of hydrogen-bond donors (Lipinski definition) is 1. The lowest BCUT2D eigenvalue weighted by Crippen LogP contribution is -2.35. The molecule has 0 bridgehead atoms. The molecule has 0 amide bonds. The van der Waals surface area contributed by atoms with Crippen molar-refractivity contribution in [2.45, 2.75) is 52.0 Å². The molecule has 1 saturated heterocycles. The molecule has 0 spiro atoms. The van der Waals surface area contributed by atoms with Gasteiger partial charge < -0.3 is 10.2 Å². The number of anilines is 2. The fourth-order valence-corrected chi connectivity index (χ4v) is 2.96. The third-order valence-electron chi connectivity index (χ3n) is 4.03. The third kappa shape index (κ3) is 3.62. The lowest BCUT2D eigenvalue weighted by molar-refractivity contribution is -0.384. The summed E-state index contributed by atoms with van der Waals surface area (Å²) < 4.78 is 0. The second-order valence-corrected chi connectivity index (χ2v) is 5.43. The SMILES string of the molecule is CCNc1ccc([N+](=O)[O-])c(N2CCCCCC2CC)n1. The predicted molar refractivity (Wildman–Crippen MR) is 84.9 cm³/mol. The van der Waals surface area contributed by atoms with Crippen LogP contribution in [0.3, 0.4) is 0 Å². The monoisotopic (exact) mass is 292 g/mol. The molecule has 116 valence electrons. The van der Waals surface area contributed by atoms with Crippen LogP contribution in [0.4, 0.5) is 17.3 Å². The number of rotatable bonds is 5. The van der Waals surface area contributed by atoms with Gasteiger partial charge in [0.1, 0.15) is 5.82 Å². The van der Waals surface area contributed by atoms with Crippen molar-refractivity contribution < 1.29 is 4.92 Å². The Hall–Kier alpha value is -1.85. The number of pyridine rings is 1. The van der Waals surface area contributed by atoms with Crippen molar-refractivity contribution in [3.63, 3.8) is 0 Å². The van der Waals surface area contributed by atoms with E-state index in [0.29, 0.717) is 17.7 Å². The molecule has 1 aromatic heterocycles. The lowest BCUT2D eigenvalue weighted by Gasteiger charge is -2.30. The van der Waals surface area contributed by atoms with Crippen molar-refractivity contribution in [2.24, 2.45) is 0 Å². The van der Waals surface area contributed by atoms with Gasteiger partial charge in [-0.15, -0.1) is 0 Å². The van der Waals surface area contributed by atoms with Crippen LogP contribution >= 0.6 is 0 Å². The van der Waals surface area contributed by atoms with Crippen molar-refractivity contribution >= 4 is 17.3 Å². The molecule has 0 radical (unpaired) electrons. The van der Waals surface area contributed by atoms with Gasteiger partial charge in [-0.05, 0) is 32.3 Å². The van der Waals surface area contributed by atoms with Gasteiger partial charge in [0.15, 0.2) is 0 Å². The number of aromatic nitrogens is 1. The first kappa shape index (κ1) is 15.5. The van der Waals surface area contributed by atoms with E-state index in [2.05, 4.69) is 22.1 Å². The van der Waals surface area contributed by atoms with Crippen LogP contribution in [0.5, 0.6) is 0 Å². The first-order chi connectivity index (χ1) is 10.2. The number of nitrogens with one attached hydrogen (secondary N) is 1. The summed E-state index contributed by atoms with van der Waals surface area (Å²) in [5, 5.41) is 14.5. The van der Waals surface area contributed by atoms with Crippen LogP contribution < -0.4 is 10.2 Å². The van der Waals surface area contributed by atoms with Crippen LogP contribution in [-0.4, -0.2) is 29.0 Å². The largest absolute Gasteiger partial charge is 0.370 e. The van der Waals surface area contributed by atoms with Crippen LogP contribution in [0.1, 0.15) is 46.0 Å². The second-order valence-electron chi connectivity index (χ2n) is 5.43. The highest BCUT2D eigenvalue weighted by molar-refractivity contribution is 5.62. The van der Waals surface area contributed by atoms with E-state index in [1.54, 1.807) is 12.1 Å². The molecule has 1 atom stereocenters. The van der Waals surface area contributed by atoms with E-state index in [9.17, 15) is 10.1 Å². The standard InChI is InChI=1S/C15H24N4O2/c1-3-12-8-6-5-7-11-18(12)15-13(19(20)21)9-10-14(17-15)16-4-2/h9-10,12H,3-8,11H2,1-2H3,(H,16,17). The first-order valence-corrected chi connectivity index (χ1v) is 7.83. The van der Waals surface area contributed by atoms with Gasteiger partial charge in [0.25, 0.3) is 0 Å². The molecule has 2 rings (SSSR count). The molecule has 0 aromatic carbocycles. The Morgan fingerprint density at radius 1 is 1.38 bits per heavy atom. The first-order valence-electron chi connectivity index (χ1n) is 7.83. The van der Waals surface area contributed by atoms with Crippen molar-refractivity contribution in [1.29, 1.82) is 0 Å². The van der Waals surface area contributed by atoms with E-state index in [4.69, 9.17) is 0 Å². The Morgan fingerprint density at radius 3 is 2.86 bits per heavy atom. The van der Waals surface area contributed by atoms with Crippen molar-refractivity contribution in [2.75, 3.05) is 23.3 Å². The summed E-state index contributed by atoms with van der Waals surface area (Å²) in [5.74, 6) is 1.23. The molecule has 1 aliphatic rings. The minimum Gasteiger partial charge on any atom is -0.370 e. The molecule has 1 N–H and O–H groups in total. The van der Waals surface area contributed by atoms with Gasteiger partial charge in [-0.25, -0.2) is 4.98 Å². The van der Waals surface area contributed by atoms with E-state index < -0.39 is 0 Å². The van der Waals surface area contributed by atoms with Crippen LogP contribution in [0.25, 0.3) is 0 Å². The summed E-state index contributed by atoms with van der Waals surface area (Å²) in [4.78, 5) is 17.7. The quantitative estimate of drug-likeness (QED) is 0.663. The molecular formula is C15H24N4O2. The fraction of sp³-hybridized carbons (Fsp3) is 0.667. The molecule has 2 heterocycles. The van der Waals surface area contributed by atoms with E-state index in [0.717, 1.165) is 32.4 Å². The van der Waals surface area contributed by atoms with Crippen molar-refractivity contribution in [1.82, 2.24) is 4.98 Å². The average Bonchev–Trinajstić information content (AvgIpc) is 2.72. The topological polar surface area (TPSA) is 71.3 Å². The highest BCUT2D eigenvalue weighted by Gasteiger charge is 2.27. The summed E-state index contributed by atoms with van der Waals surface area (Å²) in [5.41, 5.74) is 0.108. The van der Waals surface area contributed by atoms with Gasteiger partial charge >= 0.3 is 5.69 Å². The van der Waals surface area contributed by atoms with Gasteiger partial charge in [0.2, 0.25) is 5.82 Å². The van der Waals surface area contributed by atoms with E-state index in [1.165, 1.54) is 12.8 Å². The maximum Gasteiger partial charge on any atom is 0.311 e. The predicted octanol–water partition coefficient (Wildman–Crippen LogP) is 3.58. The average molecular weight is 292 g/mol. The summed E-state index contributed by atoms with van der Waals surface area (Å²) in [6.45, 7) is 5.73. The van der Waals surface area contributed by atoms with Gasteiger partial charge in [0, 0.05) is 25.2 Å². The Balaban J connectivity index is 2.41. The van der Waals surface area contributed by atoms with Gasteiger partial charge in [0.05, 0.1) is 4.92 Å². The highest BCUT2D eigenvalue weighted by Crippen LogP contribution is 2.32. The fourth-order valence-electron chi connectivity index (χ4n) is 2.96. The molecule has 0 saturated carbocycles. The van der Waals surface area contributed by atoms with Crippen LogP contribution in [0, 0.1) is 10.1 Å². The Bertz CT molecular complexity index is 493. The van der Waals surface area contributed by atoms with Crippen LogP contribution in [0.2, 0.25) is 0 Å². The molecule has 1 unspecified atom stereocenters. The zero-order valence-corrected chi connectivity index (χ0v) is 12.8. The van der Waals surface area contributed by atoms with Crippen molar-refractivity contribution in [3.8, 4) is 0 Å². The molecule has 6 nitrogen and oxygen atoms in total. The van der Waals surface area contributed by atoms with E-state index >= 15 is 0 Å². The summed E-state index contributed by atoms with van der Waals surface area (Å²) in [6, 6.07) is 3.59. The van der Waals surface area contributed by atoms with E-state index in [1.807, 2.05) is 6.92 Å². The zero-order chi connectivity index (χ0) is 15.2. The molecule has 0 aliphatic carbocycles. The minimum absolute atomic E-state index is 0.108. The summed E-state index contributed by atoms with van der Waals surface area (Å²) in [6.07, 6.45) is 5.52. The molecule has 6 heteroatoms. The minimum atomic E-state index is -0.324. The van der Waals surface area contributed by atoms with E-state index in [-0.39, 0.29) is 10.6 Å². The normalized spacial score (nSPS) is 19.1. The second kappa shape index (κ2) is 7.24. The van der Waals surface area contributed by atoms with Crippen molar-refractivity contribution in [3.05, 3.63) is 22.2 Å². The molecule has 1 aromatic rings. The van der Waals surface area contributed by atoms with Gasteiger partial charge in [-0.2, -0.15) is 0 Å². The number of nitro groups is 1. The zero-order valence-electron chi connectivity index (χ0n) is 12.8. The van der Waals surface area contributed by atoms with Gasteiger partial charge in [-0.3, -0.25) is 10.1 Å². The molecule has 1 aliphatic heterocycles. The molecular weight excluding hydrogens is 268 g/mol. The third-order valence-corrected chi connectivity index (χ3v) is 4.03. The molecule has 1 fully saturated rings. The maximum atomic E-state index is 11.3. The number of nitrogens with zero attached hydrogens (tertiary/aromatic N) is 3. The lowest BCUT2D eigenvalue weighted by atomic mass is 10.1. The Morgan fingerprint density at radius 2 is 2.19 bits per heavy atom. The maximum absolute atomic E-state index is 11.3. The Labute approximate surface area is 125 Å². The highest BCUT2D eigenvalue weighted by atomic mass is 16.6.